The fourth-order valence-electron chi connectivity index (χ4n) is 3.64. The van der Waals surface area contributed by atoms with Crippen molar-refractivity contribution in [1.29, 1.82) is 0 Å². The number of hydrogen-bond acceptors (Lipinski definition) is 6. The molecule has 22 heavy (non-hydrogen) atoms. The number of fused-ring (bicyclic) bond motifs is 1. The van der Waals surface area contributed by atoms with Gasteiger partial charge in [0.25, 0.3) is 0 Å². The topological polar surface area (TPSA) is 51.4 Å². The molecule has 0 spiro atoms. The minimum atomic E-state index is 0.279. The van der Waals surface area contributed by atoms with E-state index in [2.05, 4.69) is 33.5 Å². The lowest BCUT2D eigenvalue weighted by Gasteiger charge is -2.39. The molecule has 3 atom stereocenters. The van der Waals surface area contributed by atoms with E-state index in [1.54, 1.807) is 0 Å². The van der Waals surface area contributed by atoms with Gasteiger partial charge in [0.15, 0.2) is 0 Å². The Hall–Kier alpha value is -1.24. The molecule has 0 unspecified atom stereocenters. The molecule has 2 aromatic rings. The summed E-state index contributed by atoms with van der Waals surface area (Å²) in [5.74, 6) is 1.69. The fourth-order valence-corrected chi connectivity index (χ4v) is 4.57. The average molecular weight is 319 g/mol. The summed E-state index contributed by atoms with van der Waals surface area (Å²) >= 11 is 1.84. The molecule has 2 aliphatic heterocycles. The van der Waals surface area contributed by atoms with Gasteiger partial charge in [-0.3, -0.25) is 4.90 Å². The summed E-state index contributed by atoms with van der Waals surface area (Å²) in [5, 5.41) is 10.4. The minimum absolute atomic E-state index is 0.279. The van der Waals surface area contributed by atoms with Gasteiger partial charge in [0.2, 0.25) is 11.8 Å². The number of aromatic nitrogens is 2. The Balaban J connectivity index is 1.57. The number of ether oxygens (including phenoxy) is 1. The van der Waals surface area contributed by atoms with Crippen LogP contribution in [0.15, 0.2) is 15.9 Å². The smallest absolute Gasteiger partial charge is 0.220 e. The molecule has 2 aromatic heterocycles. The molecule has 5 nitrogen and oxygen atoms in total. The normalized spacial score (nSPS) is 28.9. The molecule has 0 N–H and O–H groups in total. The Kier molecular flexibility index (Phi) is 3.76. The van der Waals surface area contributed by atoms with Crippen LogP contribution in [-0.2, 0) is 11.3 Å². The summed E-state index contributed by atoms with van der Waals surface area (Å²) in [6.07, 6.45) is 2.42. The van der Waals surface area contributed by atoms with E-state index in [4.69, 9.17) is 9.15 Å². The highest BCUT2D eigenvalue weighted by atomic mass is 32.1. The molecule has 0 aliphatic carbocycles. The zero-order valence-corrected chi connectivity index (χ0v) is 13.8. The van der Waals surface area contributed by atoms with E-state index in [1.165, 1.54) is 10.4 Å². The summed E-state index contributed by atoms with van der Waals surface area (Å²) in [5.41, 5.74) is 1.39. The summed E-state index contributed by atoms with van der Waals surface area (Å²) in [4.78, 5) is 4.01. The van der Waals surface area contributed by atoms with E-state index in [1.807, 2.05) is 18.3 Å². The van der Waals surface area contributed by atoms with Crippen LogP contribution in [0.2, 0.25) is 0 Å². The second-order valence-electron chi connectivity index (χ2n) is 6.31. The van der Waals surface area contributed by atoms with Gasteiger partial charge in [-0.1, -0.05) is 0 Å². The third-order valence-corrected chi connectivity index (χ3v) is 5.83. The number of likely N-dealkylation sites (tertiary alicyclic amines) is 1. The van der Waals surface area contributed by atoms with Crippen molar-refractivity contribution in [2.45, 2.75) is 51.3 Å². The first-order valence-corrected chi connectivity index (χ1v) is 8.77. The molecule has 6 heteroatoms. The first kappa shape index (κ1) is 14.4. The number of aryl methyl sites for hydroxylation is 2. The summed E-state index contributed by atoms with van der Waals surface area (Å²) < 4.78 is 11.6. The van der Waals surface area contributed by atoms with E-state index >= 15 is 0 Å². The largest absolute Gasteiger partial charge is 0.425 e. The lowest BCUT2D eigenvalue weighted by molar-refractivity contribution is 0.00955. The molecule has 2 aliphatic rings. The van der Waals surface area contributed by atoms with Gasteiger partial charge in [-0.2, -0.15) is 0 Å². The van der Waals surface area contributed by atoms with Gasteiger partial charge >= 0.3 is 0 Å². The third-order valence-electron chi connectivity index (χ3n) is 4.82. The number of piperidine rings is 1. The lowest BCUT2D eigenvalue weighted by Crippen LogP contribution is -2.48. The number of thiophene rings is 1. The van der Waals surface area contributed by atoms with Crippen molar-refractivity contribution in [3.05, 3.63) is 33.7 Å². The van der Waals surface area contributed by atoms with Crippen molar-refractivity contribution in [2.24, 2.45) is 0 Å². The maximum absolute atomic E-state index is 5.97. The Bertz CT molecular complexity index is 653. The zero-order valence-electron chi connectivity index (χ0n) is 13.0. The first-order chi connectivity index (χ1) is 10.7. The molecule has 4 rings (SSSR count). The van der Waals surface area contributed by atoms with Gasteiger partial charge < -0.3 is 9.15 Å². The van der Waals surface area contributed by atoms with Crippen LogP contribution >= 0.6 is 11.3 Å². The standard InChI is InChI=1S/C16H21N3O2S/c1-10-4-6-22-15(10)9-19-8-12(16-18-17-11(2)21-16)7-14-13(19)3-5-20-14/h4,6,12-14H,3,5,7-9H2,1-2H3/t12-,13-,14-/m1/s1. The zero-order chi connectivity index (χ0) is 15.1. The molecule has 0 aromatic carbocycles. The molecule has 0 radical (unpaired) electrons. The van der Waals surface area contributed by atoms with Gasteiger partial charge in [0.1, 0.15) is 0 Å². The quantitative estimate of drug-likeness (QED) is 0.870. The minimum Gasteiger partial charge on any atom is -0.425 e. The van der Waals surface area contributed by atoms with Gasteiger partial charge in [-0.15, -0.1) is 21.5 Å². The highest BCUT2D eigenvalue weighted by Crippen LogP contribution is 2.37. The predicted molar refractivity (Wildman–Crippen MR) is 84.0 cm³/mol. The predicted octanol–water partition coefficient (Wildman–Crippen LogP) is 2.89. The number of nitrogens with zero attached hydrogens (tertiary/aromatic N) is 3. The van der Waals surface area contributed by atoms with Crippen LogP contribution < -0.4 is 0 Å². The highest BCUT2D eigenvalue weighted by molar-refractivity contribution is 7.10. The molecule has 0 bridgehead atoms. The van der Waals surface area contributed by atoms with Crippen LogP contribution in [0.5, 0.6) is 0 Å². The van der Waals surface area contributed by atoms with Crippen molar-refractivity contribution < 1.29 is 9.15 Å². The molecule has 118 valence electrons. The Morgan fingerprint density at radius 3 is 3.00 bits per heavy atom. The van der Waals surface area contributed by atoms with E-state index in [9.17, 15) is 0 Å². The monoisotopic (exact) mass is 319 g/mol. The van der Waals surface area contributed by atoms with E-state index in [0.29, 0.717) is 18.0 Å². The van der Waals surface area contributed by atoms with Crippen LogP contribution in [0.4, 0.5) is 0 Å². The lowest BCUT2D eigenvalue weighted by atomic mass is 9.90. The summed E-state index contributed by atoms with van der Waals surface area (Å²) in [6.45, 7) is 6.88. The van der Waals surface area contributed by atoms with Crippen LogP contribution in [-0.4, -0.2) is 40.4 Å². The second-order valence-corrected chi connectivity index (χ2v) is 7.31. The van der Waals surface area contributed by atoms with Crippen molar-refractivity contribution in [3.8, 4) is 0 Å². The second kappa shape index (κ2) is 5.76. The highest BCUT2D eigenvalue weighted by Gasteiger charge is 2.42. The van der Waals surface area contributed by atoms with Crippen LogP contribution in [0.3, 0.4) is 0 Å². The van der Waals surface area contributed by atoms with Gasteiger partial charge in [0, 0.05) is 37.5 Å². The fraction of sp³-hybridized carbons (Fsp3) is 0.625. The molecular formula is C16H21N3O2S. The van der Waals surface area contributed by atoms with Crippen molar-refractivity contribution in [2.75, 3.05) is 13.2 Å². The van der Waals surface area contributed by atoms with Gasteiger partial charge in [-0.25, -0.2) is 0 Å². The SMILES string of the molecule is Cc1nnc([C@@H]2C[C@H]3OCC[C@H]3N(Cc3sccc3C)C2)o1. The maximum atomic E-state index is 5.97. The molecule has 2 fully saturated rings. The number of rotatable bonds is 3. The summed E-state index contributed by atoms with van der Waals surface area (Å²) in [6, 6.07) is 2.73. The van der Waals surface area contributed by atoms with Gasteiger partial charge in [0.05, 0.1) is 12.0 Å². The molecule has 4 heterocycles. The van der Waals surface area contributed by atoms with Crippen molar-refractivity contribution in [1.82, 2.24) is 15.1 Å². The van der Waals surface area contributed by atoms with E-state index in [-0.39, 0.29) is 5.92 Å². The maximum Gasteiger partial charge on any atom is 0.220 e. The first-order valence-electron chi connectivity index (χ1n) is 7.89. The van der Waals surface area contributed by atoms with Crippen molar-refractivity contribution >= 4 is 11.3 Å². The Morgan fingerprint density at radius 1 is 1.36 bits per heavy atom. The average Bonchev–Trinajstić information content (AvgIpc) is 3.21. The van der Waals surface area contributed by atoms with Crippen LogP contribution in [0.25, 0.3) is 0 Å². The van der Waals surface area contributed by atoms with E-state index < -0.39 is 0 Å². The Morgan fingerprint density at radius 2 is 2.27 bits per heavy atom. The third kappa shape index (κ3) is 2.59. The van der Waals surface area contributed by atoms with Gasteiger partial charge in [-0.05, 0) is 36.8 Å². The molecule has 2 saturated heterocycles. The Labute approximate surface area is 134 Å². The molecular weight excluding hydrogens is 298 g/mol. The van der Waals surface area contributed by atoms with Crippen LogP contribution in [0, 0.1) is 13.8 Å². The molecule has 0 amide bonds. The molecule has 0 saturated carbocycles. The van der Waals surface area contributed by atoms with E-state index in [0.717, 1.165) is 38.4 Å². The summed E-state index contributed by atoms with van der Waals surface area (Å²) in [7, 11) is 0. The number of hydrogen-bond donors (Lipinski definition) is 0. The van der Waals surface area contributed by atoms with Crippen molar-refractivity contribution in [3.63, 3.8) is 0 Å². The van der Waals surface area contributed by atoms with Crippen LogP contribution in [0.1, 0.15) is 41.0 Å².